The van der Waals surface area contributed by atoms with Gasteiger partial charge in [0.1, 0.15) is 0 Å². The molecule has 4 nitrogen and oxygen atoms in total. The number of hydrogen-bond acceptors (Lipinski definition) is 3. The third-order valence-corrected chi connectivity index (χ3v) is 2.23. The molecule has 0 bridgehead atoms. The summed E-state index contributed by atoms with van der Waals surface area (Å²) in [5, 5.41) is 5.84. The molecule has 16 heavy (non-hydrogen) atoms. The van der Waals surface area contributed by atoms with Crippen LogP contribution in [0.2, 0.25) is 0 Å². The molecule has 5 heteroatoms. The maximum Gasteiger partial charge on any atom is 0.293 e. The first-order chi connectivity index (χ1) is 7.59. The molecule has 0 aromatic carbocycles. The van der Waals surface area contributed by atoms with E-state index in [-0.39, 0.29) is 11.7 Å². The topological polar surface area (TPSA) is 54.3 Å². The number of hydrogen-bond donors (Lipinski definition) is 2. The molecule has 0 aliphatic rings. The molecule has 0 aliphatic carbocycles. The highest BCUT2D eigenvalue weighted by Gasteiger charge is 2.09. The number of nitrogens with one attached hydrogen (secondary N) is 2. The molecule has 0 saturated carbocycles. The van der Waals surface area contributed by atoms with E-state index >= 15 is 0 Å². The van der Waals surface area contributed by atoms with E-state index in [9.17, 15) is 4.79 Å². The lowest BCUT2D eigenvalue weighted by Crippen LogP contribution is -2.39. The summed E-state index contributed by atoms with van der Waals surface area (Å²) in [4.78, 5) is 11.5. The maximum absolute atomic E-state index is 11.5. The summed E-state index contributed by atoms with van der Waals surface area (Å²) in [6.07, 6.45) is 2.46. The Balaban J connectivity index is 2.27. The van der Waals surface area contributed by atoms with Crippen molar-refractivity contribution in [2.75, 3.05) is 6.54 Å². The summed E-state index contributed by atoms with van der Waals surface area (Å²) in [7, 11) is 0. The van der Waals surface area contributed by atoms with Gasteiger partial charge in [-0.15, -0.1) is 0 Å². The summed E-state index contributed by atoms with van der Waals surface area (Å²) in [6.45, 7) is 5.02. The van der Waals surface area contributed by atoms with Gasteiger partial charge in [0, 0.05) is 6.54 Å². The van der Waals surface area contributed by atoms with Gasteiger partial charge in [-0.2, -0.15) is 0 Å². The summed E-state index contributed by atoms with van der Waals surface area (Å²) in [6, 6.07) is 3.25. The summed E-state index contributed by atoms with van der Waals surface area (Å²) in [5.41, 5.74) is 0. The van der Waals surface area contributed by atoms with Crippen molar-refractivity contribution in [1.29, 1.82) is 0 Å². The maximum atomic E-state index is 11.5. The smallest absolute Gasteiger partial charge is 0.293 e. The van der Waals surface area contributed by atoms with Gasteiger partial charge in [-0.3, -0.25) is 10.1 Å². The Labute approximate surface area is 100 Å². The Morgan fingerprint density at radius 3 is 2.88 bits per heavy atom. The fourth-order valence-electron chi connectivity index (χ4n) is 1.09. The Morgan fingerprint density at radius 2 is 2.31 bits per heavy atom. The minimum Gasteiger partial charge on any atom is -0.459 e. The molecule has 88 valence electrons. The van der Waals surface area contributed by atoms with Gasteiger partial charge in [-0.05, 0) is 36.7 Å². The van der Waals surface area contributed by atoms with Gasteiger partial charge in [0.25, 0.3) is 5.91 Å². The van der Waals surface area contributed by atoms with E-state index in [1.165, 1.54) is 6.26 Å². The van der Waals surface area contributed by atoms with Crippen molar-refractivity contribution >= 4 is 23.2 Å². The number of rotatable bonds is 4. The standard InChI is InChI=1S/C11H16N2O2S/c1-8(2)5-6-12-11(16)13-10(14)9-4-3-7-15-9/h3-4,7-8H,5-6H2,1-2H3,(H2,12,13,14,16). The van der Waals surface area contributed by atoms with Gasteiger partial charge in [0.2, 0.25) is 0 Å². The lowest BCUT2D eigenvalue weighted by molar-refractivity contribution is 0.0949. The Morgan fingerprint density at radius 1 is 1.56 bits per heavy atom. The van der Waals surface area contributed by atoms with E-state index in [0.29, 0.717) is 11.0 Å². The van der Waals surface area contributed by atoms with Crippen molar-refractivity contribution < 1.29 is 9.21 Å². The van der Waals surface area contributed by atoms with Crippen molar-refractivity contribution in [3.8, 4) is 0 Å². The molecule has 1 heterocycles. The van der Waals surface area contributed by atoms with Crippen LogP contribution in [0.3, 0.4) is 0 Å². The van der Waals surface area contributed by atoms with Crippen molar-refractivity contribution in [3.63, 3.8) is 0 Å². The average molecular weight is 240 g/mol. The van der Waals surface area contributed by atoms with Crippen LogP contribution in [-0.4, -0.2) is 17.6 Å². The van der Waals surface area contributed by atoms with Gasteiger partial charge in [0.15, 0.2) is 10.9 Å². The molecule has 0 saturated heterocycles. The van der Waals surface area contributed by atoms with Gasteiger partial charge >= 0.3 is 0 Å². The quantitative estimate of drug-likeness (QED) is 0.790. The highest BCUT2D eigenvalue weighted by Crippen LogP contribution is 1.99. The second-order valence-electron chi connectivity index (χ2n) is 3.87. The first kappa shape index (κ1) is 12.7. The molecule has 1 rings (SSSR count). The highest BCUT2D eigenvalue weighted by molar-refractivity contribution is 7.80. The number of carbonyl (C=O) groups is 1. The average Bonchev–Trinajstić information content (AvgIpc) is 2.69. The lowest BCUT2D eigenvalue weighted by Gasteiger charge is -2.09. The second kappa shape index (κ2) is 6.27. The Kier molecular flexibility index (Phi) is 4.98. The largest absolute Gasteiger partial charge is 0.459 e. The molecule has 0 aliphatic heterocycles. The van der Waals surface area contributed by atoms with E-state index < -0.39 is 0 Å². The van der Waals surface area contributed by atoms with Gasteiger partial charge < -0.3 is 9.73 Å². The third kappa shape index (κ3) is 4.44. The van der Waals surface area contributed by atoms with Gasteiger partial charge in [0.05, 0.1) is 6.26 Å². The zero-order valence-corrected chi connectivity index (χ0v) is 10.3. The molecule has 2 N–H and O–H groups in total. The molecule has 0 unspecified atom stereocenters. The summed E-state index contributed by atoms with van der Waals surface area (Å²) >= 11 is 4.97. The van der Waals surface area contributed by atoms with Crippen LogP contribution in [0.25, 0.3) is 0 Å². The van der Waals surface area contributed by atoms with Gasteiger partial charge in [-0.1, -0.05) is 13.8 Å². The van der Waals surface area contributed by atoms with Crippen molar-refractivity contribution in [1.82, 2.24) is 10.6 Å². The first-order valence-corrected chi connectivity index (χ1v) is 5.63. The molecule has 0 radical (unpaired) electrons. The SMILES string of the molecule is CC(C)CCNC(=S)NC(=O)c1ccco1. The highest BCUT2D eigenvalue weighted by atomic mass is 32.1. The molecular formula is C11H16N2O2S. The van der Waals surface area contributed by atoms with Crippen molar-refractivity contribution in [2.24, 2.45) is 5.92 Å². The number of furan rings is 1. The van der Waals surface area contributed by atoms with E-state index in [4.69, 9.17) is 16.6 Å². The predicted octanol–water partition coefficient (Wildman–Crippen LogP) is 1.93. The second-order valence-corrected chi connectivity index (χ2v) is 4.28. The van der Waals surface area contributed by atoms with E-state index in [2.05, 4.69) is 24.5 Å². The fraction of sp³-hybridized carbons (Fsp3) is 0.455. The minimum absolute atomic E-state index is 0.257. The zero-order valence-electron chi connectivity index (χ0n) is 9.45. The van der Waals surface area contributed by atoms with Crippen molar-refractivity contribution in [3.05, 3.63) is 24.2 Å². The molecule has 0 fully saturated rings. The van der Waals surface area contributed by atoms with E-state index in [1.54, 1.807) is 12.1 Å². The molecule has 1 aromatic rings. The number of thiocarbonyl (C=S) groups is 1. The van der Waals surface area contributed by atoms with Crippen LogP contribution in [0, 0.1) is 5.92 Å². The monoisotopic (exact) mass is 240 g/mol. The zero-order chi connectivity index (χ0) is 12.0. The minimum atomic E-state index is -0.327. The fourth-order valence-corrected chi connectivity index (χ4v) is 1.29. The van der Waals surface area contributed by atoms with Crippen LogP contribution in [0.1, 0.15) is 30.8 Å². The third-order valence-electron chi connectivity index (χ3n) is 1.98. The van der Waals surface area contributed by atoms with E-state index in [0.717, 1.165) is 13.0 Å². The lowest BCUT2D eigenvalue weighted by atomic mass is 10.1. The van der Waals surface area contributed by atoms with Crippen LogP contribution in [0.5, 0.6) is 0 Å². The molecular weight excluding hydrogens is 224 g/mol. The van der Waals surface area contributed by atoms with Crippen LogP contribution in [0.4, 0.5) is 0 Å². The Hall–Kier alpha value is -1.36. The molecule has 0 atom stereocenters. The normalized spacial score (nSPS) is 10.2. The Bertz CT molecular complexity index is 347. The molecule has 1 aromatic heterocycles. The van der Waals surface area contributed by atoms with Crippen LogP contribution in [0.15, 0.2) is 22.8 Å². The van der Waals surface area contributed by atoms with Crippen molar-refractivity contribution in [2.45, 2.75) is 20.3 Å². The van der Waals surface area contributed by atoms with E-state index in [1.807, 2.05) is 0 Å². The van der Waals surface area contributed by atoms with Crippen LogP contribution >= 0.6 is 12.2 Å². The van der Waals surface area contributed by atoms with Gasteiger partial charge in [-0.25, -0.2) is 0 Å². The molecule has 0 spiro atoms. The van der Waals surface area contributed by atoms with Crippen LogP contribution < -0.4 is 10.6 Å². The van der Waals surface area contributed by atoms with Crippen LogP contribution in [-0.2, 0) is 0 Å². The number of amides is 1. The summed E-state index contributed by atoms with van der Waals surface area (Å²) in [5.74, 6) is 0.538. The first-order valence-electron chi connectivity index (χ1n) is 5.22. The number of carbonyl (C=O) groups excluding carboxylic acids is 1. The predicted molar refractivity (Wildman–Crippen MR) is 66.2 cm³/mol. The molecule has 1 amide bonds. The summed E-state index contributed by atoms with van der Waals surface area (Å²) < 4.78 is 4.94.